The summed E-state index contributed by atoms with van der Waals surface area (Å²) in [6.07, 6.45) is 1.17. The van der Waals surface area contributed by atoms with Crippen LogP contribution in [-0.4, -0.2) is 14.2 Å². The summed E-state index contributed by atoms with van der Waals surface area (Å²) in [7, 11) is 2.91. The number of benzene rings is 1. The van der Waals surface area contributed by atoms with Crippen molar-refractivity contribution in [1.29, 1.82) is 0 Å². The summed E-state index contributed by atoms with van der Waals surface area (Å²) in [5, 5.41) is 0. The molecule has 1 aromatic rings. The first-order valence-corrected chi connectivity index (χ1v) is 5.61. The van der Waals surface area contributed by atoms with Crippen molar-refractivity contribution in [1.82, 2.24) is 0 Å². The summed E-state index contributed by atoms with van der Waals surface area (Å²) in [4.78, 5) is 0. The molecule has 0 heterocycles. The SMILES string of the molecule is COc1cc(C)c(C(F)(F)C2CC2)c(OC)c1. The lowest BCUT2D eigenvalue weighted by molar-refractivity contribution is -0.0311. The maximum Gasteiger partial charge on any atom is 0.279 e. The first-order chi connectivity index (χ1) is 8.00. The lowest BCUT2D eigenvalue weighted by atomic mass is 9.97. The van der Waals surface area contributed by atoms with E-state index in [1.807, 2.05) is 0 Å². The predicted octanol–water partition coefficient (Wildman–Crippen LogP) is 3.51. The van der Waals surface area contributed by atoms with Crippen LogP contribution in [-0.2, 0) is 5.92 Å². The normalized spacial score (nSPS) is 15.8. The Morgan fingerprint density at radius 1 is 1.18 bits per heavy atom. The van der Waals surface area contributed by atoms with Gasteiger partial charge in [0.25, 0.3) is 5.92 Å². The summed E-state index contributed by atoms with van der Waals surface area (Å²) in [6.45, 7) is 1.66. The van der Waals surface area contributed by atoms with Gasteiger partial charge < -0.3 is 9.47 Å². The van der Waals surface area contributed by atoms with Gasteiger partial charge in [0, 0.05) is 12.0 Å². The largest absolute Gasteiger partial charge is 0.497 e. The van der Waals surface area contributed by atoms with E-state index in [0.717, 1.165) is 0 Å². The number of hydrogen-bond donors (Lipinski definition) is 0. The molecule has 4 heteroatoms. The van der Waals surface area contributed by atoms with Gasteiger partial charge in [0.1, 0.15) is 11.5 Å². The van der Waals surface area contributed by atoms with Crippen LogP contribution in [0, 0.1) is 12.8 Å². The maximum atomic E-state index is 14.2. The zero-order valence-electron chi connectivity index (χ0n) is 10.2. The van der Waals surface area contributed by atoms with Gasteiger partial charge in [-0.25, -0.2) is 8.78 Å². The van der Waals surface area contributed by atoms with Crippen LogP contribution in [0.3, 0.4) is 0 Å². The number of aryl methyl sites for hydroxylation is 1. The Balaban J connectivity index is 2.51. The molecule has 0 saturated heterocycles. The second-order valence-electron chi connectivity index (χ2n) is 4.42. The van der Waals surface area contributed by atoms with Gasteiger partial charge in [-0.2, -0.15) is 0 Å². The third kappa shape index (κ3) is 2.08. The smallest absolute Gasteiger partial charge is 0.279 e. The molecular weight excluding hydrogens is 226 g/mol. The van der Waals surface area contributed by atoms with Gasteiger partial charge in [-0.05, 0) is 31.4 Å². The van der Waals surface area contributed by atoms with E-state index in [1.54, 1.807) is 13.0 Å². The number of methoxy groups -OCH3 is 2. The Morgan fingerprint density at radius 2 is 1.82 bits per heavy atom. The average Bonchev–Trinajstić information content (AvgIpc) is 3.11. The van der Waals surface area contributed by atoms with Crippen molar-refractivity contribution in [2.45, 2.75) is 25.7 Å². The van der Waals surface area contributed by atoms with Gasteiger partial charge >= 0.3 is 0 Å². The highest BCUT2D eigenvalue weighted by atomic mass is 19.3. The molecule has 0 aromatic heterocycles. The fourth-order valence-electron chi connectivity index (χ4n) is 2.08. The molecule has 2 rings (SSSR count). The first-order valence-electron chi connectivity index (χ1n) is 5.61. The van der Waals surface area contributed by atoms with E-state index < -0.39 is 11.8 Å². The number of ether oxygens (including phenoxy) is 2. The highest BCUT2D eigenvalue weighted by Gasteiger charge is 2.50. The molecule has 1 aliphatic carbocycles. The Bertz CT molecular complexity index is 426. The third-order valence-electron chi connectivity index (χ3n) is 3.15. The second kappa shape index (κ2) is 4.17. The molecule has 0 spiro atoms. The minimum atomic E-state index is -2.80. The molecule has 0 aliphatic heterocycles. The number of alkyl halides is 2. The van der Waals surface area contributed by atoms with Crippen LogP contribution in [0.25, 0.3) is 0 Å². The van der Waals surface area contributed by atoms with Crippen molar-refractivity contribution in [3.8, 4) is 11.5 Å². The van der Waals surface area contributed by atoms with Gasteiger partial charge in [-0.1, -0.05) is 0 Å². The molecule has 0 N–H and O–H groups in total. The number of hydrogen-bond acceptors (Lipinski definition) is 2. The monoisotopic (exact) mass is 242 g/mol. The van der Waals surface area contributed by atoms with Crippen molar-refractivity contribution in [3.05, 3.63) is 23.3 Å². The highest BCUT2D eigenvalue weighted by molar-refractivity contribution is 5.49. The van der Waals surface area contributed by atoms with Gasteiger partial charge in [-0.15, -0.1) is 0 Å². The molecule has 1 aromatic carbocycles. The van der Waals surface area contributed by atoms with Crippen LogP contribution in [0.15, 0.2) is 12.1 Å². The van der Waals surface area contributed by atoms with Crippen LogP contribution in [0.2, 0.25) is 0 Å². The molecule has 94 valence electrons. The topological polar surface area (TPSA) is 18.5 Å². The fraction of sp³-hybridized carbons (Fsp3) is 0.538. The van der Waals surface area contributed by atoms with Crippen molar-refractivity contribution in [2.75, 3.05) is 14.2 Å². The molecule has 0 radical (unpaired) electrons. The predicted molar refractivity (Wildman–Crippen MR) is 60.9 cm³/mol. The molecule has 0 amide bonds. The van der Waals surface area contributed by atoms with E-state index in [9.17, 15) is 8.78 Å². The molecule has 0 unspecified atom stereocenters. The van der Waals surface area contributed by atoms with Gasteiger partial charge in [-0.3, -0.25) is 0 Å². The Labute approximate surface area is 99.5 Å². The van der Waals surface area contributed by atoms with E-state index >= 15 is 0 Å². The van der Waals surface area contributed by atoms with E-state index in [1.165, 1.54) is 20.3 Å². The zero-order valence-corrected chi connectivity index (χ0v) is 10.2. The molecule has 2 nitrogen and oxygen atoms in total. The Hall–Kier alpha value is -1.32. The molecule has 1 saturated carbocycles. The minimum Gasteiger partial charge on any atom is -0.497 e. The molecule has 0 bridgehead atoms. The molecule has 0 atom stereocenters. The lowest BCUT2D eigenvalue weighted by Gasteiger charge is -2.22. The summed E-state index contributed by atoms with van der Waals surface area (Å²) in [6, 6.07) is 3.13. The lowest BCUT2D eigenvalue weighted by Crippen LogP contribution is -2.19. The number of rotatable bonds is 4. The Morgan fingerprint density at radius 3 is 2.29 bits per heavy atom. The quantitative estimate of drug-likeness (QED) is 0.804. The van der Waals surface area contributed by atoms with Crippen molar-refractivity contribution >= 4 is 0 Å². The van der Waals surface area contributed by atoms with Crippen molar-refractivity contribution < 1.29 is 18.3 Å². The van der Waals surface area contributed by atoms with Crippen LogP contribution >= 0.6 is 0 Å². The molecule has 1 aliphatic rings. The fourth-order valence-corrected chi connectivity index (χ4v) is 2.08. The second-order valence-corrected chi connectivity index (χ2v) is 4.42. The summed E-state index contributed by atoms with van der Waals surface area (Å²) in [5.41, 5.74) is 0.515. The van der Waals surface area contributed by atoms with E-state index in [4.69, 9.17) is 9.47 Å². The highest BCUT2D eigenvalue weighted by Crippen LogP contribution is 2.53. The standard InChI is InChI=1S/C13H16F2O2/c1-8-6-10(16-2)7-11(17-3)12(8)13(14,15)9-4-5-9/h6-7,9H,4-5H2,1-3H3. The summed E-state index contributed by atoms with van der Waals surface area (Å²) in [5.74, 6) is -2.60. The van der Waals surface area contributed by atoms with E-state index in [0.29, 0.717) is 24.2 Å². The molecule has 1 fully saturated rings. The summed E-state index contributed by atoms with van der Waals surface area (Å²) < 4.78 is 38.5. The van der Waals surface area contributed by atoms with Gasteiger partial charge in [0.15, 0.2) is 0 Å². The van der Waals surface area contributed by atoms with E-state index in [2.05, 4.69) is 0 Å². The van der Waals surface area contributed by atoms with Crippen LogP contribution in [0.1, 0.15) is 24.0 Å². The van der Waals surface area contributed by atoms with Crippen LogP contribution in [0.5, 0.6) is 11.5 Å². The van der Waals surface area contributed by atoms with Gasteiger partial charge in [0.05, 0.1) is 19.8 Å². The zero-order chi connectivity index (χ0) is 12.6. The third-order valence-corrected chi connectivity index (χ3v) is 3.15. The maximum absolute atomic E-state index is 14.2. The van der Waals surface area contributed by atoms with E-state index in [-0.39, 0.29) is 11.3 Å². The molecule has 17 heavy (non-hydrogen) atoms. The van der Waals surface area contributed by atoms with Gasteiger partial charge in [0.2, 0.25) is 0 Å². The van der Waals surface area contributed by atoms with Crippen LogP contribution in [0.4, 0.5) is 8.78 Å². The Kier molecular flexibility index (Phi) is 2.98. The van der Waals surface area contributed by atoms with Crippen molar-refractivity contribution in [2.24, 2.45) is 5.92 Å². The van der Waals surface area contributed by atoms with Crippen LogP contribution < -0.4 is 9.47 Å². The average molecular weight is 242 g/mol. The molecular formula is C13H16F2O2. The van der Waals surface area contributed by atoms with Crippen molar-refractivity contribution in [3.63, 3.8) is 0 Å². The number of halogens is 2. The first kappa shape index (κ1) is 12.1. The summed E-state index contributed by atoms with van der Waals surface area (Å²) >= 11 is 0. The minimum absolute atomic E-state index is 0.00306.